The summed E-state index contributed by atoms with van der Waals surface area (Å²) in [6.07, 6.45) is 0.509. The van der Waals surface area contributed by atoms with E-state index in [1.54, 1.807) is 31.2 Å². The molecule has 3 aromatic carbocycles. The second-order valence-electron chi connectivity index (χ2n) is 8.87. The Labute approximate surface area is 224 Å². The van der Waals surface area contributed by atoms with Gasteiger partial charge in [0.25, 0.3) is 10.0 Å². The van der Waals surface area contributed by atoms with Crippen molar-refractivity contribution in [1.29, 1.82) is 0 Å². The van der Waals surface area contributed by atoms with Crippen LogP contribution in [0.4, 0.5) is 5.69 Å². The van der Waals surface area contributed by atoms with Crippen LogP contribution in [0.2, 0.25) is 5.02 Å². The van der Waals surface area contributed by atoms with Crippen LogP contribution in [0.25, 0.3) is 0 Å². The molecule has 0 aromatic heterocycles. The van der Waals surface area contributed by atoms with Gasteiger partial charge in [0.2, 0.25) is 11.8 Å². The lowest BCUT2D eigenvalue weighted by atomic mass is 10.1. The van der Waals surface area contributed by atoms with E-state index in [0.29, 0.717) is 11.4 Å². The molecule has 0 aliphatic rings. The van der Waals surface area contributed by atoms with Crippen molar-refractivity contribution >= 4 is 39.1 Å². The van der Waals surface area contributed by atoms with Crippen molar-refractivity contribution < 1.29 is 18.0 Å². The second kappa shape index (κ2) is 12.3. The Morgan fingerprint density at radius 2 is 1.62 bits per heavy atom. The molecule has 1 atom stereocenters. The van der Waals surface area contributed by atoms with Crippen molar-refractivity contribution in [3.05, 3.63) is 94.5 Å². The molecule has 0 saturated heterocycles. The van der Waals surface area contributed by atoms with E-state index in [4.69, 9.17) is 11.6 Å². The molecule has 0 bridgehead atoms. The largest absolute Gasteiger partial charge is 0.357 e. The molecule has 2 amide bonds. The zero-order chi connectivity index (χ0) is 27.2. The van der Waals surface area contributed by atoms with E-state index in [1.807, 2.05) is 44.2 Å². The van der Waals surface area contributed by atoms with Gasteiger partial charge in [0.15, 0.2) is 0 Å². The van der Waals surface area contributed by atoms with Crippen molar-refractivity contribution in [2.75, 3.05) is 24.4 Å². The van der Waals surface area contributed by atoms with Gasteiger partial charge in [0.05, 0.1) is 10.6 Å². The zero-order valence-electron chi connectivity index (χ0n) is 21.4. The van der Waals surface area contributed by atoms with E-state index in [1.165, 1.54) is 30.1 Å². The Kier molecular flexibility index (Phi) is 9.34. The molecule has 0 aliphatic carbocycles. The minimum absolute atomic E-state index is 0.0535. The van der Waals surface area contributed by atoms with Crippen molar-refractivity contribution in [3.8, 4) is 0 Å². The molecule has 7 nitrogen and oxygen atoms in total. The standard InChI is InChI=1S/C28H32ClN3O4S/c1-20-10-14-25(15-11-20)37(35,36)32(24-13-12-21(2)26(29)18-24)19-27(33)31(22(3)28(34)30-4)17-16-23-8-6-5-7-9-23/h5-15,18,22H,16-17,19H2,1-4H3,(H,30,34)/t22-/m1/s1. The summed E-state index contributed by atoms with van der Waals surface area (Å²) < 4.78 is 28.6. The van der Waals surface area contributed by atoms with Gasteiger partial charge in [0.1, 0.15) is 12.6 Å². The Morgan fingerprint density at radius 3 is 2.22 bits per heavy atom. The summed E-state index contributed by atoms with van der Waals surface area (Å²) in [4.78, 5) is 27.7. The predicted molar refractivity (Wildman–Crippen MR) is 147 cm³/mol. The van der Waals surface area contributed by atoms with Gasteiger partial charge in [-0.15, -0.1) is 0 Å². The lowest BCUT2D eigenvalue weighted by molar-refractivity contribution is -0.138. The summed E-state index contributed by atoms with van der Waals surface area (Å²) in [6.45, 7) is 5.05. The topological polar surface area (TPSA) is 86.8 Å². The second-order valence-corrected chi connectivity index (χ2v) is 11.1. The summed E-state index contributed by atoms with van der Waals surface area (Å²) in [5, 5.41) is 2.96. The van der Waals surface area contributed by atoms with Crippen LogP contribution >= 0.6 is 11.6 Å². The Hall–Kier alpha value is -3.36. The highest BCUT2D eigenvalue weighted by atomic mass is 35.5. The smallest absolute Gasteiger partial charge is 0.264 e. The van der Waals surface area contributed by atoms with Crippen LogP contribution in [0, 0.1) is 13.8 Å². The number of hydrogen-bond donors (Lipinski definition) is 1. The quantitative estimate of drug-likeness (QED) is 0.413. The average molecular weight is 542 g/mol. The molecule has 0 spiro atoms. The molecule has 0 fully saturated rings. The number of anilines is 1. The zero-order valence-corrected chi connectivity index (χ0v) is 23.0. The number of aryl methyl sites for hydroxylation is 2. The van der Waals surface area contributed by atoms with Crippen LogP contribution in [-0.2, 0) is 26.0 Å². The number of hydrogen-bond acceptors (Lipinski definition) is 4. The molecule has 0 aliphatic heterocycles. The van der Waals surface area contributed by atoms with E-state index in [-0.39, 0.29) is 23.0 Å². The van der Waals surface area contributed by atoms with Crippen LogP contribution in [0.5, 0.6) is 0 Å². The van der Waals surface area contributed by atoms with Gasteiger partial charge in [-0.3, -0.25) is 13.9 Å². The van der Waals surface area contributed by atoms with E-state index in [0.717, 1.165) is 21.0 Å². The molecule has 0 radical (unpaired) electrons. The fourth-order valence-corrected chi connectivity index (χ4v) is 5.46. The normalized spacial score (nSPS) is 12.0. The highest BCUT2D eigenvalue weighted by Crippen LogP contribution is 2.28. The molecule has 37 heavy (non-hydrogen) atoms. The number of carbonyl (C=O) groups excluding carboxylic acids is 2. The number of sulfonamides is 1. The van der Waals surface area contributed by atoms with Gasteiger partial charge in [-0.05, 0) is 62.6 Å². The summed E-state index contributed by atoms with van der Waals surface area (Å²) in [5.41, 5.74) is 2.95. The van der Waals surface area contributed by atoms with Gasteiger partial charge in [-0.1, -0.05) is 65.7 Å². The molecular formula is C28H32ClN3O4S. The molecule has 0 unspecified atom stereocenters. The van der Waals surface area contributed by atoms with Gasteiger partial charge in [-0.2, -0.15) is 0 Å². The first-order valence-electron chi connectivity index (χ1n) is 11.9. The fourth-order valence-electron chi connectivity index (χ4n) is 3.88. The Morgan fingerprint density at radius 1 is 0.973 bits per heavy atom. The van der Waals surface area contributed by atoms with Gasteiger partial charge in [0, 0.05) is 18.6 Å². The Bertz CT molecular complexity index is 1350. The first kappa shape index (κ1) is 28.2. The van der Waals surface area contributed by atoms with Crippen molar-refractivity contribution in [1.82, 2.24) is 10.2 Å². The lowest BCUT2D eigenvalue weighted by Gasteiger charge is -2.32. The number of benzene rings is 3. The molecule has 0 heterocycles. The van der Waals surface area contributed by atoms with Crippen molar-refractivity contribution in [2.45, 2.75) is 38.1 Å². The Balaban J connectivity index is 2.00. The number of likely N-dealkylation sites (N-methyl/N-ethyl adjacent to an activating group) is 1. The summed E-state index contributed by atoms with van der Waals surface area (Å²) >= 11 is 6.33. The third-order valence-corrected chi connectivity index (χ3v) is 8.42. The van der Waals surface area contributed by atoms with Crippen LogP contribution in [0.15, 0.2) is 77.7 Å². The summed E-state index contributed by atoms with van der Waals surface area (Å²) in [7, 11) is -2.62. The SMILES string of the molecule is CNC(=O)[C@@H](C)N(CCc1ccccc1)C(=O)CN(c1ccc(C)c(Cl)c1)S(=O)(=O)c1ccc(C)cc1. The molecule has 3 aromatic rings. The van der Waals surface area contributed by atoms with E-state index >= 15 is 0 Å². The maximum absolute atomic E-state index is 13.8. The minimum Gasteiger partial charge on any atom is -0.357 e. The number of halogens is 1. The molecular weight excluding hydrogens is 510 g/mol. The number of nitrogens with zero attached hydrogens (tertiary/aromatic N) is 2. The van der Waals surface area contributed by atoms with Crippen LogP contribution in [-0.4, -0.2) is 51.3 Å². The monoisotopic (exact) mass is 541 g/mol. The maximum Gasteiger partial charge on any atom is 0.264 e. The fraction of sp³-hybridized carbons (Fsp3) is 0.286. The lowest BCUT2D eigenvalue weighted by Crippen LogP contribution is -2.51. The minimum atomic E-state index is -4.12. The van der Waals surface area contributed by atoms with E-state index in [2.05, 4.69) is 5.32 Å². The average Bonchev–Trinajstić information content (AvgIpc) is 2.89. The van der Waals surface area contributed by atoms with Crippen LogP contribution in [0.3, 0.4) is 0 Å². The summed E-state index contributed by atoms with van der Waals surface area (Å²) in [6, 6.07) is 20.1. The van der Waals surface area contributed by atoms with Gasteiger partial charge >= 0.3 is 0 Å². The van der Waals surface area contributed by atoms with Crippen LogP contribution < -0.4 is 9.62 Å². The number of carbonyl (C=O) groups is 2. The van der Waals surface area contributed by atoms with Gasteiger partial charge < -0.3 is 10.2 Å². The van der Waals surface area contributed by atoms with Crippen molar-refractivity contribution in [2.24, 2.45) is 0 Å². The maximum atomic E-state index is 13.8. The molecule has 0 saturated carbocycles. The first-order chi connectivity index (χ1) is 17.5. The number of rotatable bonds is 10. The highest BCUT2D eigenvalue weighted by molar-refractivity contribution is 7.92. The third kappa shape index (κ3) is 6.90. The first-order valence-corrected chi connectivity index (χ1v) is 13.8. The summed E-state index contributed by atoms with van der Waals surface area (Å²) in [5.74, 6) is -0.841. The highest BCUT2D eigenvalue weighted by Gasteiger charge is 2.32. The van der Waals surface area contributed by atoms with E-state index < -0.39 is 28.5 Å². The number of nitrogens with one attached hydrogen (secondary N) is 1. The molecule has 3 rings (SSSR count). The van der Waals surface area contributed by atoms with Gasteiger partial charge in [-0.25, -0.2) is 8.42 Å². The van der Waals surface area contributed by atoms with Crippen molar-refractivity contribution in [3.63, 3.8) is 0 Å². The molecule has 1 N–H and O–H groups in total. The molecule has 196 valence electrons. The predicted octanol–water partition coefficient (Wildman–Crippen LogP) is 4.36. The van der Waals surface area contributed by atoms with Crippen LogP contribution in [0.1, 0.15) is 23.6 Å². The third-order valence-electron chi connectivity index (χ3n) is 6.23. The number of amides is 2. The molecule has 9 heteroatoms. The van der Waals surface area contributed by atoms with E-state index in [9.17, 15) is 18.0 Å².